The van der Waals surface area contributed by atoms with Crippen LogP contribution in [0.2, 0.25) is 0 Å². The van der Waals surface area contributed by atoms with Crippen LogP contribution in [0.1, 0.15) is 39.5 Å². The number of carbonyl (C=O) groups is 2. The fourth-order valence-corrected chi connectivity index (χ4v) is 1.31. The Kier molecular flexibility index (Phi) is 8.75. The van der Waals surface area contributed by atoms with Crippen LogP contribution in [0.4, 0.5) is 0 Å². The lowest BCUT2D eigenvalue weighted by Crippen LogP contribution is -2.12. The summed E-state index contributed by atoms with van der Waals surface area (Å²) in [6.07, 6.45) is 1.32. The van der Waals surface area contributed by atoms with E-state index < -0.39 is 0 Å². The number of hydrogen-bond acceptors (Lipinski definition) is 4. The number of esters is 2. The number of hydrogen-bond donors (Lipinski definition) is 0. The van der Waals surface area contributed by atoms with Gasteiger partial charge in [0.25, 0.3) is 0 Å². The minimum absolute atomic E-state index is 0.226. The third kappa shape index (κ3) is 8.26. The summed E-state index contributed by atoms with van der Waals surface area (Å²) >= 11 is 0. The molecule has 0 fully saturated rings. The summed E-state index contributed by atoms with van der Waals surface area (Å²) in [5, 5.41) is 0. The molecule has 0 bridgehead atoms. The highest BCUT2D eigenvalue weighted by Crippen LogP contribution is 2.10. The fraction of sp³-hybridized carbons (Fsp3) is 0.750. The third-order valence-electron chi connectivity index (χ3n) is 2.16. The lowest BCUT2D eigenvalue weighted by Gasteiger charge is -2.05. The molecule has 0 amide bonds. The molecule has 0 spiro atoms. The maximum absolute atomic E-state index is 11.1. The maximum Gasteiger partial charge on any atom is 0.306 e. The molecule has 0 radical (unpaired) electrons. The summed E-state index contributed by atoms with van der Waals surface area (Å²) in [6, 6.07) is -0.316. The summed E-state index contributed by atoms with van der Waals surface area (Å²) in [6.45, 7) is 11.2. The van der Waals surface area contributed by atoms with Gasteiger partial charge in [-0.1, -0.05) is 0 Å². The number of rotatable bonds is 8. The van der Waals surface area contributed by atoms with Gasteiger partial charge in [0.05, 0.1) is 26.1 Å². The van der Waals surface area contributed by atoms with Crippen molar-refractivity contribution in [1.29, 1.82) is 0 Å². The van der Waals surface area contributed by atoms with Gasteiger partial charge >= 0.3 is 11.9 Å². The Morgan fingerprint density at radius 2 is 1.47 bits per heavy atom. The molecule has 5 heteroatoms. The summed E-state index contributed by atoms with van der Waals surface area (Å²) in [5.41, 5.74) is 0. The van der Waals surface area contributed by atoms with Gasteiger partial charge in [-0.2, -0.15) is 0 Å². The van der Waals surface area contributed by atoms with E-state index in [-0.39, 0.29) is 30.8 Å². The van der Waals surface area contributed by atoms with E-state index in [1.807, 2.05) is 0 Å². The van der Waals surface area contributed by atoms with Crippen molar-refractivity contribution in [2.24, 2.45) is 0 Å². The first kappa shape index (κ1) is 15.4. The second kappa shape index (κ2) is 9.64. The Hall–Kier alpha value is -1.57. The zero-order valence-electron chi connectivity index (χ0n) is 10.4. The van der Waals surface area contributed by atoms with Crippen LogP contribution in [-0.2, 0) is 19.1 Å². The fourth-order valence-electron chi connectivity index (χ4n) is 1.31. The van der Waals surface area contributed by atoms with Crippen molar-refractivity contribution in [3.05, 3.63) is 11.4 Å². The van der Waals surface area contributed by atoms with E-state index >= 15 is 0 Å². The molecule has 0 aromatic carbocycles. The first-order chi connectivity index (χ1) is 8.13. The number of ether oxygens (including phenoxy) is 2. The molecule has 96 valence electrons. The van der Waals surface area contributed by atoms with E-state index in [1.165, 1.54) is 0 Å². The zero-order chi connectivity index (χ0) is 13.1. The zero-order valence-corrected chi connectivity index (χ0v) is 10.4. The van der Waals surface area contributed by atoms with Crippen molar-refractivity contribution in [2.75, 3.05) is 13.2 Å². The van der Waals surface area contributed by atoms with Gasteiger partial charge in [-0.15, -0.1) is 0 Å². The van der Waals surface area contributed by atoms with E-state index in [1.54, 1.807) is 13.8 Å². The van der Waals surface area contributed by atoms with Crippen molar-refractivity contribution < 1.29 is 19.1 Å². The SMILES string of the molecule is [C-]#[N+]C(CCC(=O)OCC)CCC(=O)OCC. The predicted molar refractivity (Wildman–Crippen MR) is 62.1 cm³/mol. The van der Waals surface area contributed by atoms with Gasteiger partial charge in [-0.05, 0) is 13.8 Å². The van der Waals surface area contributed by atoms with E-state index in [4.69, 9.17) is 16.0 Å². The second-order valence-corrected chi connectivity index (χ2v) is 3.47. The third-order valence-corrected chi connectivity index (χ3v) is 2.16. The molecule has 0 N–H and O–H groups in total. The van der Waals surface area contributed by atoms with Gasteiger partial charge in [-0.25, -0.2) is 6.57 Å². The van der Waals surface area contributed by atoms with Crippen LogP contribution >= 0.6 is 0 Å². The number of carbonyl (C=O) groups excluding carboxylic acids is 2. The summed E-state index contributed by atoms with van der Waals surface area (Å²) in [7, 11) is 0. The monoisotopic (exact) mass is 241 g/mol. The van der Waals surface area contributed by atoms with Crippen molar-refractivity contribution in [2.45, 2.75) is 45.6 Å². The number of nitrogens with zero attached hydrogens (tertiary/aromatic N) is 1. The van der Waals surface area contributed by atoms with E-state index in [0.717, 1.165) is 0 Å². The van der Waals surface area contributed by atoms with Gasteiger partial charge < -0.3 is 14.3 Å². The molecule has 0 aliphatic carbocycles. The maximum atomic E-state index is 11.1. The average Bonchev–Trinajstić information content (AvgIpc) is 2.30. The van der Waals surface area contributed by atoms with Gasteiger partial charge in [0.1, 0.15) is 0 Å². The van der Waals surface area contributed by atoms with Crippen LogP contribution < -0.4 is 0 Å². The largest absolute Gasteiger partial charge is 0.466 e. The van der Waals surface area contributed by atoms with Crippen LogP contribution in [0.5, 0.6) is 0 Å². The highest BCUT2D eigenvalue weighted by Gasteiger charge is 2.17. The first-order valence-corrected chi connectivity index (χ1v) is 5.81. The van der Waals surface area contributed by atoms with Crippen LogP contribution in [0.25, 0.3) is 4.85 Å². The summed E-state index contributed by atoms with van der Waals surface area (Å²) in [5.74, 6) is -0.588. The van der Waals surface area contributed by atoms with Gasteiger partial charge in [-0.3, -0.25) is 9.59 Å². The van der Waals surface area contributed by atoms with Crippen LogP contribution in [0.3, 0.4) is 0 Å². The minimum atomic E-state index is -0.316. The molecule has 0 heterocycles. The Balaban J connectivity index is 3.81. The molecule has 5 nitrogen and oxygen atoms in total. The van der Waals surface area contributed by atoms with E-state index in [2.05, 4.69) is 4.85 Å². The molecule has 0 atom stereocenters. The molecule has 17 heavy (non-hydrogen) atoms. The molecule has 0 aromatic heterocycles. The Morgan fingerprint density at radius 3 is 1.76 bits per heavy atom. The lowest BCUT2D eigenvalue weighted by molar-refractivity contribution is -0.143. The van der Waals surface area contributed by atoms with E-state index in [9.17, 15) is 9.59 Å². The minimum Gasteiger partial charge on any atom is -0.466 e. The highest BCUT2D eigenvalue weighted by atomic mass is 16.5. The molecule has 0 rings (SSSR count). The van der Waals surface area contributed by atoms with Crippen molar-refractivity contribution >= 4 is 11.9 Å². The molecular formula is C12H19NO4. The van der Waals surface area contributed by atoms with Gasteiger partial charge in [0.2, 0.25) is 6.04 Å². The first-order valence-electron chi connectivity index (χ1n) is 5.81. The molecule has 0 aliphatic heterocycles. The van der Waals surface area contributed by atoms with E-state index in [0.29, 0.717) is 26.1 Å². The molecule has 0 aliphatic rings. The highest BCUT2D eigenvalue weighted by molar-refractivity contribution is 5.70. The Morgan fingerprint density at radius 1 is 1.06 bits per heavy atom. The van der Waals surface area contributed by atoms with Crippen LogP contribution in [0, 0.1) is 6.57 Å². The van der Waals surface area contributed by atoms with Gasteiger partial charge in [0.15, 0.2) is 0 Å². The Labute approximate surface area is 102 Å². The topological polar surface area (TPSA) is 57.0 Å². The standard InChI is InChI=1S/C12H19NO4/c1-4-16-11(14)8-6-10(13-3)7-9-12(15)17-5-2/h10H,4-9H2,1-2H3. The smallest absolute Gasteiger partial charge is 0.306 e. The van der Waals surface area contributed by atoms with Gasteiger partial charge in [0, 0.05) is 12.8 Å². The molecule has 0 aromatic rings. The average molecular weight is 241 g/mol. The second-order valence-electron chi connectivity index (χ2n) is 3.47. The quantitative estimate of drug-likeness (QED) is 0.481. The van der Waals surface area contributed by atoms with Crippen LogP contribution in [-0.4, -0.2) is 31.2 Å². The normalized spacial score (nSPS) is 9.76. The van der Waals surface area contributed by atoms with Crippen molar-refractivity contribution in [3.63, 3.8) is 0 Å². The molecule has 0 unspecified atom stereocenters. The van der Waals surface area contributed by atoms with Crippen LogP contribution in [0.15, 0.2) is 0 Å². The summed E-state index contributed by atoms with van der Waals surface area (Å²) in [4.78, 5) is 25.6. The Bertz CT molecular complexity index is 261. The lowest BCUT2D eigenvalue weighted by atomic mass is 10.1. The molecule has 0 saturated heterocycles. The van der Waals surface area contributed by atoms with Crippen molar-refractivity contribution in [3.8, 4) is 0 Å². The predicted octanol–water partition coefficient (Wildman–Crippen LogP) is 1.96. The summed E-state index contributed by atoms with van der Waals surface area (Å²) < 4.78 is 9.53. The molecule has 0 saturated carbocycles. The molecular weight excluding hydrogens is 222 g/mol. The van der Waals surface area contributed by atoms with Crippen molar-refractivity contribution in [1.82, 2.24) is 0 Å².